The molecular weight excluding hydrogens is 452 g/mol. The van der Waals surface area contributed by atoms with E-state index in [2.05, 4.69) is 21.2 Å². The summed E-state index contributed by atoms with van der Waals surface area (Å²) in [7, 11) is -3.74. The molecular formula is C22H27BrN2O3S. The molecule has 2 aromatic carbocycles. The number of hydrogen-bond donors (Lipinski definition) is 1. The number of sulfonamides is 1. The highest BCUT2D eigenvalue weighted by Gasteiger charge is 2.34. The van der Waals surface area contributed by atoms with Crippen LogP contribution in [0.4, 0.5) is 0 Å². The second kappa shape index (κ2) is 9.87. The number of nitrogens with zero attached hydrogens (tertiary/aromatic N) is 1. The monoisotopic (exact) mass is 478 g/mol. The van der Waals surface area contributed by atoms with Crippen LogP contribution in [0.2, 0.25) is 0 Å². The van der Waals surface area contributed by atoms with Gasteiger partial charge in [-0.2, -0.15) is 4.31 Å². The molecule has 1 amide bonds. The lowest BCUT2D eigenvalue weighted by Crippen LogP contribution is -2.47. The minimum Gasteiger partial charge on any atom is -0.348 e. The highest BCUT2D eigenvalue weighted by atomic mass is 79.9. The highest BCUT2D eigenvalue weighted by Crippen LogP contribution is 2.28. The molecule has 0 aromatic heterocycles. The summed E-state index contributed by atoms with van der Waals surface area (Å²) >= 11 is 3.41. The minimum atomic E-state index is -3.74. The van der Waals surface area contributed by atoms with Crippen molar-refractivity contribution in [3.05, 3.63) is 64.6 Å². The summed E-state index contributed by atoms with van der Waals surface area (Å²) < 4.78 is 29.0. The Labute approximate surface area is 181 Å². The maximum Gasteiger partial charge on any atom is 0.243 e. The van der Waals surface area contributed by atoms with Crippen molar-refractivity contribution in [1.82, 2.24) is 9.62 Å². The zero-order valence-corrected chi connectivity index (χ0v) is 19.0. The summed E-state index contributed by atoms with van der Waals surface area (Å²) in [6.07, 6.45) is 4.68. The molecule has 0 heterocycles. The number of halogens is 1. The fourth-order valence-corrected chi connectivity index (χ4v) is 5.70. The van der Waals surface area contributed by atoms with E-state index in [1.807, 2.05) is 31.2 Å². The fraction of sp³-hybridized carbons (Fsp3) is 0.409. The van der Waals surface area contributed by atoms with Crippen LogP contribution in [0.15, 0.2) is 64.0 Å². The van der Waals surface area contributed by atoms with Crippen molar-refractivity contribution < 1.29 is 13.2 Å². The average Bonchev–Trinajstić information content (AvgIpc) is 2.73. The first kappa shape index (κ1) is 22.0. The zero-order chi connectivity index (χ0) is 20.9. The van der Waals surface area contributed by atoms with E-state index in [4.69, 9.17) is 0 Å². The largest absolute Gasteiger partial charge is 0.348 e. The van der Waals surface area contributed by atoms with E-state index in [0.29, 0.717) is 0 Å². The van der Waals surface area contributed by atoms with Gasteiger partial charge in [0.25, 0.3) is 0 Å². The van der Waals surface area contributed by atoms with E-state index in [1.54, 1.807) is 30.3 Å². The molecule has 0 unspecified atom stereocenters. The predicted octanol–water partition coefficient (Wildman–Crippen LogP) is 4.65. The maximum atomic E-state index is 13.3. The van der Waals surface area contributed by atoms with Gasteiger partial charge in [-0.3, -0.25) is 4.79 Å². The van der Waals surface area contributed by atoms with Gasteiger partial charge in [0.05, 0.1) is 17.5 Å². The Balaban J connectivity index is 1.77. The van der Waals surface area contributed by atoms with Crippen LogP contribution in [0.25, 0.3) is 0 Å². The number of amides is 1. The Hall–Kier alpha value is -1.70. The molecule has 1 aliphatic carbocycles. The lowest BCUT2D eigenvalue weighted by Gasteiger charge is -2.33. The summed E-state index contributed by atoms with van der Waals surface area (Å²) in [5.41, 5.74) is 0.969. The Kier molecular flexibility index (Phi) is 7.49. The van der Waals surface area contributed by atoms with Crippen LogP contribution in [0.1, 0.15) is 50.6 Å². The SMILES string of the molecule is C[C@@H](NC(=O)CN(C1CCCCC1)S(=O)(=O)c1ccccc1)c1ccc(Br)cc1. The number of rotatable bonds is 7. The van der Waals surface area contributed by atoms with Crippen LogP contribution in [0.5, 0.6) is 0 Å². The van der Waals surface area contributed by atoms with E-state index in [-0.39, 0.29) is 29.4 Å². The quantitative estimate of drug-likeness (QED) is 0.629. The van der Waals surface area contributed by atoms with E-state index in [9.17, 15) is 13.2 Å². The number of hydrogen-bond acceptors (Lipinski definition) is 3. The molecule has 3 rings (SSSR count). The fourth-order valence-electron chi connectivity index (χ4n) is 3.77. The third-order valence-electron chi connectivity index (χ3n) is 5.38. The average molecular weight is 479 g/mol. The molecule has 0 bridgehead atoms. The van der Waals surface area contributed by atoms with Crippen molar-refractivity contribution in [1.29, 1.82) is 0 Å². The molecule has 0 radical (unpaired) electrons. The normalized spacial score (nSPS) is 16.5. The zero-order valence-electron chi connectivity index (χ0n) is 16.6. The number of carbonyl (C=O) groups is 1. The van der Waals surface area contributed by atoms with Gasteiger partial charge in [-0.1, -0.05) is 65.5 Å². The van der Waals surface area contributed by atoms with Crippen molar-refractivity contribution in [3.63, 3.8) is 0 Å². The Morgan fingerprint density at radius 3 is 2.31 bits per heavy atom. The molecule has 2 aromatic rings. The highest BCUT2D eigenvalue weighted by molar-refractivity contribution is 9.10. The molecule has 1 atom stereocenters. The molecule has 29 heavy (non-hydrogen) atoms. The molecule has 0 aliphatic heterocycles. The van der Waals surface area contributed by atoms with Gasteiger partial charge in [0.15, 0.2) is 0 Å². The van der Waals surface area contributed by atoms with Gasteiger partial charge in [-0.15, -0.1) is 0 Å². The van der Waals surface area contributed by atoms with Gasteiger partial charge in [-0.05, 0) is 49.6 Å². The van der Waals surface area contributed by atoms with Crippen LogP contribution in [0.3, 0.4) is 0 Å². The number of benzene rings is 2. The molecule has 7 heteroatoms. The topological polar surface area (TPSA) is 66.5 Å². The Bertz CT molecular complexity index is 911. The second-order valence-corrected chi connectivity index (χ2v) is 10.3. The van der Waals surface area contributed by atoms with Crippen molar-refractivity contribution in [2.75, 3.05) is 6.54 Å². The van der Waals surface area contributed by atoms with Gasteiger partial charge in [0.1, 0.15) is 0 Å². The van der Waals surface area contributed by atoms with Crippen molar-refractivity contribution >= 4 is 31.9 Å². The van der Waals surface area contributed by atoms with Crippen LogP contribution in [0, 0.1) is 0 Å². The molecule has 1 fully saturated rings. The van der Waals surface area contributed by atoms with Crippen LogP contribution in [-0.2, 0) is 14.8 Å². The summed E-state index contributed by atoms with van der Waals surface area (Å²) in [6.45, 7) is 1.74. The summed E-state index contributed by atoms with van der Waals surface area (Å²) in [4.78, 5) is 13.0. The van der Waals surface area contributed by atoms with Crippen molar-refractivity contribution in [2.24, 2.45) is 0 Å². The predicted molar refractivity (Wildman–Crippen MR) is 118 cm³/mol. The lowest BCUT2D eigenvalue weighted by molar-refractivity contribution is -0.122. The van der Waals surface area contributed by atoms with Crippen molar-refractivity contribution in [3.8, 4) is 0 Å². The Morgan fingerprint density at radius 2 is 1.69 bits per heavy atom. The van der Waals surface area contributed by atoms with Gasteiger partial charge >= 0.3 is 0 Å². The van der Waals surface area contributed by atoms with Gasteiger partial charge in [-0.25, -0.2) is 8.42 Å². The second-order valence-electron chi connectivity index (χ2n) is 7.50. The van der Waals surface area contributed by atoms with Crippen LogP contribution >= 0.6 is 15.9 Å². The smallest absolute Gasteiger partial charge is 0.243 e. The summed E-state index contributed by atoms with van der Waals surface area (Å²) in [5, 5.41) is 2.95. The van der Waals surface area contributed by atoms with E-state index < -0.39 is 10.0 Å². The minimum absolute atomic E-state index is 0.136. The van der Waals surface area contributed by atoms with E-state index in [1.165, 1.54) is 4.31 Å². The van der Waals surface area contributed by atoms with Crippen LogP contribution < -0.4 is 5.32 Å². The van der Waals surface area contributed by atoms with E-state index in [0.717, 1.165) is 42.1 Å². The summed E-state index contributed by atoms with van der Waals surface area (Å²) in [5.74, 6) is -0.287. The van der Waals surface area contributed by atoms with Crippen molar-refractivity contribution in [2.45, 2.75) is 56.0 Å². The summed E-state index contributed by atoms with van der Waals surface area (Å²) in [6, 6.07) is 15.8. The third kappa shape index (κ3) is 5.68. The lowest BCUT2D eigenvalue weighted by atomic mass is 9.95. The molecule has 0 saturated heterocycles. The molecule has 1 N–H and O–H groups in total. The standard InChI is InChI=1S/C22H27BrN2O3S/c1-17(18-12-14-19(23)15-13-18)24-22(26)16-25(20-8-4-2-5-9-20)29(27,28)21-10-6-3-7-11-21/h3,6-7,10-15,17,20H,2,4-5,8-9,16H2,1H3,(H,24,26)/t17-/m1/s1. The van der Waals surface area contributed by atoms with Gasteiger partial charge in [0.2, 0.25) is 15.9 Å². The molecule has 156 valence electrons. The van der Waals surface area contributed by atoms with Crippen LogP contribution in [-0.4, -0.2) is 31.2 Å². The molecule has 1 aliphatic rings. The van der Waals surface area contributed by atoms with Gasteiger partial charge in [0, 0.05) is 10.5 Å². The number of nitrogens with one attached hydrogen (secondary N) is 1. The first-order chi connectivity index (χ1) is 13.9. The Morgan fingerprint density at radius 1 is 1.07 bits per heavy atom. The number of carbonyl (C=O) groups excluding carboxylic acids is 1. The molecule has 5 nitrogen and oxygen atoms in total. The first-order valence-electron chi connectivity index (χ1n) is 9.99. The maximum absolute atomic E-state index is 13.3. The molecule has 0 spiro atoms. The first-order valence-corrected chi connectivity index (χ1v) is 12.2. The molecule has 1 saturated carbocycles. The third-order valence-corrected chi connectivity index (χ3v) is 7.82. The van der Waals surface area contributed by atoms with E-state index >= 15 is 0 Å². The van der Waals surface area contributed by atoms with Gasteiger partial charge < -0.3 is 5.32 Å².